The van der Waals surface area contributed by atoms with Crippen LogP contribution in [0, 0.1) is 5.92 Å². The maximum Gasteiger partial charge on any atom is 0.223 e. The molecule has 1 aliphatic heterocycles. The Bertz CT molecular complexity index is 760. The third-order valence-electron chi connectivity index (χ3n) is 5.80. The number of nitrogens with one attached hydrogen (secondary N) is 1. The van der Waals surface area contributed by atoms with Gasteiger partial charge < -0.3 is 19.4 Å². The molecule has 0 spiro atoms. The van der Waals surface area contributed by atoms with Crippen molar-refractivity contribution in [3.8, 4) is 0 Å². The molecule has 1 saturated carbocycles. The van der Waals surface area contributed by atoms with E-state index in [2.05, 4.69) is 49.6 Å². The first kappa shape index (κ1) is 17.3. The predicted molar refractivity (Wildman–Crippen MR) is 100 cm³/mol. The minimum Gasteiger partial charge on any atom is -0.351 e. The van der Waals surface area contributed by atoms with Crippen LogP contribution in [0.25, 0.3) is 0 Å². The van der Waals surface area contributed by atoms with Gasteiger partial charge in [-0.05, 0) is 44.2 Å². The van der Waals surface area contributed by atoms with Crippen LogP contribution in [-0.4, -0.2) is 37.5 Å². The summed E-state index contributed by atoms with van der Waals surface area (Å²) in [7, 11) is 2.03. The number of carbonyl (C=O) groups excluding carboxylic acids is 1. The highest BCUT2D eigenvalue weighted by molar-refractivity contribution is 5.78. The molecule has 2 atom stereocenters. The molecule has 4 rings (SSSR count). The van der Waals surface area contributed by atoms with Gasteiger partial charge >= 0.3 is 0 Å². The van der Waals surface area contributed by atoms with Gasteiger partial charge in [-0.2, -0.15) is 0 Å². The summed E-state index contributed by atoms with van der Waals surface area (Å²) in [6, 6.07) is 4.79. The van der Waals surface area contributed by atoms with Crippen LogP contribution in [0.5, 0.6) is 0 Å². The van der Waals surface area contributed by atoms with Crippen molar-refractivity contribution in [1.82, 2.24) is 24.3 Å². The fourth-order valence-corrected chi connectivity index (χ4v) is 4.28. The minimum absolute atomic E-state index is 0.0919. The number of imidazole rings is 1. The highest BCUT2D eigenvalue weighted by Crippen LogP contribution is 2.42. The van der Waals surface area contributed by atoms with Gasteiger partial charge in [0.15, 0.2) is 0 Å². The van der Waals surface area contributed by atoms with Gasteiger partial charge in [0.25, 0.3) is 0 Å². The molecular formula is C20H29N5O. The molecule has 140 valence electrons. The number of piperidine rings is 1. The van der Waals surface area contributed by atoms with Gasteiger partial charge in [-0.15, -0.1) is 0 Å². The van der Waals surface area contributed by atoms with Crippen LogP contribution in [0.1, 0.15) is 50.2 Å². The molecule has 3 heterocycles. The summed E-state index contributed by atoms with van der Waals surface area (Å²) in [5.74, 6) is 1.73. The average molecular weight is 355 g/mol. The largest absolute Gasteiger partial charge is 0.351 e. The zero-order valence-electron chi connectivity index (χ0n) is 15.8. The lowest BCUT2D eigenvalue weighted by Crippen LogP contribution is -2.47. The zero-order chi connectivity index (χ0) is 18.1. The van der Waals surface area contributed by atoms with Crippen molar-refractivity contribution in [2.75, 3.05) is 6.54 Å². The average Bonchev–Trinajstić information content (AvgIpc) is 3.22. The third-order valence-corrected chi connectivity index (χ3v) is 5.80. The van der Waals surface area contributed by atoms with E-state index < -0.39 is 0 Å². The number of carbonyl (C=O) groups is 1. The van der Waals surface area contributed by atoms with Crippen LogP contribution in [0.4, 0.5) is 0 Å². The summed E-state index contributed by atoms with van der Waals surface area (Å²) in [6.45, 7) is 4.93. The molecular weight excluding hydrogens is 326 g/mol. The molecule has 1 N–H and O–H groups in total. The summed E-state index contributed by atoms with van der Waals surface area (Å²) < 4.78 is 4.35. The molecule has 26 heavy (non-hydrogen) atoms. The molecule has 0 aromatic carbocycles. The molecule has 6 heteroatoms. The molecule has 2 aromatic rings. The molecule has 6 nitrogen and oxygen atoms in total. The summed E-state index contributed by atoms with van der Waals surface area (Å²) in [6.07, 6.45) is 9.82. The Labute approximate surface area is 155 Å². The van der Waals surface area contributed by atoms with Gasteiger partial charge in [0.05, 0.1) is 6.04 Å². The lowest BCUT2D eigenvalue weighted by atomic mass is 9.87. The van der Waals surface area contributed by atoms with E-state index in [0.29, 0.717) is 24.3 Å². The quantitative estimate of drug-likeness (QED) is 0.830. The molecule has 1 saturated heterocycles. The zero-order valence-corrected chi connectivity index (χ0v) is 15.8. The third kappa shape index (κ3) is 3.30. The maximum atomic E-state index is 12.6. The van der Waals surface area contributed by atoms with Crippen molar-refractivity contribution in [2.45, 2.75) is 57.8 Å². The van der Waals surface area contributed by atoms with Crippen molar-refractivity contribution >= 4 is 5.91 Å². The highest BCUT2D eigenvalue weighted by atomic mass is 16.2. The first-order valence-electron chi connectivity index (χ1n) is 9.82. The van der Waals surface area contributed by atoms with Gasteiger partial charge in [0, 0.05) is 63.4 Å². The van der Waals surface area contributed by atoms with Crippen molar-refractivity contribution in [1.29, 1.82) is 0 Å². The van der Waals surface area contributed by atoms with Gasteiger partial charge in [0.1, 0.15) is 5.82 Å². The van der Waals surface area contributed by atoms with Crippen LogP contribution >= 0.6 is 0 Å². The van der Waals surface area contributed by atoms with E-state index in [1.807, 2.05) is 19.4 Å². The Morgan fingerprint density at radius 1 is 1.27 bits per heavy atom. The molecule has 0 radical (unpaired) electrons. The molecule has 2 fully saturated rings. The molecule has 1 amide bonds. The summed E-state index contributed by atoms with van der Waals surface area (Å²) in [5.41, 5.74) is 1.31. The van der Waals surface area contributed by atoms with E-state index in [0.717, 1.165) is 44.7 Å². The van der Waals surface area contributed by atoms with Crippen molar-refractivity contribution in [3.05, 3.63) is 42.2 Å². The first-order valence-corrected chi connectivity index (χ1v) is 9.82. The van der Waals surface area contributed by atoms with Crippen molar-refractivity contribution in [2.24, 2.45) is 13.0 Å². The van der Waals surface area contributed by atoms with Gasteiger partial charge in [-0.3, -0.25) is 4.79 Å². The Morgan fingerprint density at radius 2 is 2.12 bits per heavy atom. The van der Waals surface area contributed by atoms with Crippen LogP contribution < -0.4 is 5.32 Å². The van der Waals surface area contributed by atoms with Crippen molar-refractivity contribution < 1.29 is 4.79 Å². The van der Waals surface area contributed by atoms with E-state index in [1.165, 1.54) is 5.69 Å². The van der Waals surface area contributed by atoms with Crippen LogP contribution in [0.15, 0.2) is 30.7 Å². The topological polar surface area (TPSA) is 55.1 Å². The number of hydrogen-bond acceptors (Lipinski definition) is 3. The van der Waals surface area contributed by atoms with Crippen LogP contribution in [0.3, 0.4) is 0 Å². The fourth-order valence-electron chi connectivity index (χ4n) is 4.28. The van der Waals surface area contributed by atoms with Gasteiger partial charge in [0.2, 0.25) is 5.91 Å². The minimum atomic E-state index is 0.0919. The molecule has 2 aliphatic rings. The standard InChI is InChI=1S/C20H29N5O/c1-3-24-11-4-5-17(24)14-21-13-15-6-9-18(26)25(16-7-8-16)19(15)20-22-10-12-23(20)2/h4-5,10-12,15-16,19,21H,3,6-9,13-14H2,1-2H3/t15-,19+/m1/s1. The van der Waals surface area contributed by atoms with Crippen molar-refractivity contribution in [3.63, 3.8) is 0 Å². The Morgan fingerprint density at radius 3 is 2.81 bits per heavy atom. The fraction of sp³-hybridized carbons (Fsp3) is 0.600. The second kappa shape index (κ2) is 7.27. The van der Waals surface area contributed by atoms with Gasteiger partial charge in [-0.25, -0.2) is 4.98 Å². The molecule has 1 aliphatic carbocycles. The number of amides is 1. The second-order valence-electron chi connectivity index (χ2n) is 7.59. The Hall–Kier alpha value is -2.08. The monoisotopic (exact) mass is 355 g/mol. The lowest BCUT2D eigenvalue weighted by Gasteiger charge is -2.41. The smallest absolute Gasteiger partial charge is 0.223 e. The molecule has 0 bridgehead atoms. The SMILES string of the molecule is CCn1cccc1CNC[C@H]1CCC(=O)N(C2CC2)[C@@H]1c1nccn1C. The normalized spacial score (nSPS) is 23.6. The van der Waals surface area contributed by atoms with E-state index >= 15 is 0 Å². The Kier molecular flexibility index (Phi) is 4.85. The number of nitrogens with zero attached hydrogens (tertiary/aromatic N) is 4. The van der Waals surface area contributed by atoms with Gasteiger partial charge in [-0.1, -0.05) is 0 Å². The number of hydrogen-bond donors (Lipinski definition) is 1. The first-order chi connectivity index (χ1) is 12.7. The number of rotatable bonds is 7. The summed E-state index contributed by atoms with van der Waals surface area (Å²) >= 11 is 0. The number of likely N-dealkylation sites (tertiary alicyclic amines) is 1. The van der Waals surface area contributed by atoms with E-state index in [4.69, 9.17) is 0 Å². The van der Waals surface area contributed by atoms with E-state index in [1.54, 1.807) is 0 Å². The molecule has 0 unspecified atom stereocenters. The Balaban J connectivity index is 1.49. The highest BCUT2D eigenvalue weighted by Gasteiger charge is 2.45. The lowest BCUT2D eigenvalue weighted by molar-refractivity contribution is -0.140. The number of aryl methyl sites for hydroxylation is 2. The maximum absolute atomic E-state index is 12.6. The second-order valence-corrected chi connectivity index (χ2v) is 7.59. The predicted octanol–water partition coefficient (Wildman–Crippen LogP) is 2.47. The van der Waals surface area contributed by atoms with E-state index in [-0.39, 0.29) is 6.04 Å². The molecule has 2 aromatic heterocycles. The van der Waals surface area contributed by atoms with Crippen LogP contribution in [0.2, 0.25) is 0 Å². The summed E-state index contributed by atoms with van der Waals surface area (Å²) in [5, 5.41) is 3.64. The van der Waals surface area contributed by atoms with E-state index in [9.17, 15) is 4.79 Å². The number of aromatic nitrogens is 3. The van der Waals surface area contributed by atoms with Crippen LogP contribution in [-0.2, 0) is 24.9 Å². The summed E-state index contributed by atoms with van der Waals surface area (Å²) in [4.78, 5) is 19.4.